The molecule has 1 aromatic heterocycles. The Morgan fingerprint density at radius 1 is 1.39 bits per heavy atom. The van der Waals surface area contributed by atoms with Gasteiger partial charge >= 0.3 is 5.97 Å². The van der Waals surface area contributed by atoms with E-state index < -0.39 is 11.5 Å². The minimum atomic E-state index is -0.485. The van der Waals surface area contributed by atoms with Crippen molar-refractivity contribution in [2.45, 2.75) is 5.16 Å². The number of hydrogen-bond acceptors (Lipinski definition) is 7. The lowest BCUT2D eigenvalue weighted by Gasteiger charge is -2.07. The second kappa shape index (κ2) is 7.47. The molecule has 2 rings (SSSR count). The van der Waals surface area contributed by atoms with Gasteiger partial charge < -0.3 is 14.5 Å². The van der Waals surface area contributed by atoms with Crippen molar-refractivity contribution in [3.05, 3.63) is 40.2 Å². The summed E-state index contributed by atoms with van der Waals surface area (Å²) in [5, 5.41) is 9.58. The standard InChI is InChI=1S/C15H13N3O4S/c1-21-12(19)8-22-10-5-3-9(4-6-10)13-11(7-16)14(20)18-15(17-13)23-2/h3-6H,8H2,1-2H3,(H,17,18,20). The molecular formula is C15H13N3O4S. The van der Waals surface area contributed by atoms with E-state index in [1.165, 1.54) is 18.9 Å². The number of aromatic amines is 1. The predicted molar refractivity (Wildman–Crippen MR) is 84.3 cm³/mol. The van der Waals surface area contributed by atoms with Gasteiger partial charge in [0.25, 0.3) is 5.56 Å². The number of hydrogen-bond donors (Lipinski definition) is 1. The van der Waals surface area contributed by atoms with Gasteiger partial charge in [0.05, 0.1) is 12.8 Å². The monoisotopic (exact) mass is 331 g/mol. The topological polar surface area (TPSA) is 105 Å². The summed E-state index contributed by atoms with van der Waals surface area (Å²) >= 11 is 1.28. The molecule has 0 aliphatic heterocycles. The van der Waals surface area contributed by atoms with Crippen molar-refractivity contribution < 1.29 is 14.3 Å². The summed E-state index contributed by atoms with van der Waals surface area (Å²) in [5.74, 6) is -0.0192. The van der Waals surface area contributed by atoms with E-state index in [2.05, 4.69) is 14.7 Å². The van der Waals surface area contributed by atoms with Gasteiger partial charge in [-0.2, -0.15) is 5.26 Å². The first kappa shape index (κ1) is 16.6. The molecule has 0 bridgehead atoms. The van der Waals surface area contributed by atoms with Gasteiger partial charge in [-0.15, -0.1) is 0 Å². The SMILES string of the molecule is COC(=O)COc1ccc(-c2nc(SC)[nH]c(=O)c2C#N)cc1. The maximum absolute atomic E-state index is 11.9. The first-order valence-electron chi connectivity index (χ1n) is 6.47. The number of esters is 1. The predicted octanol–water partition coefficient (Wildman–Crippen LogP) is 1.58. The number of benzene rings is 1. The van der Waals surface area contributed by atoms with E-state index in [0.717, 1.165) is 0 Å². The number of carbonyl (C=O) groups excluding carboxylic acids is 1. The highest BCUT2D eigenvalue weighted by atomic mass is 32.2. The number of carbonyl (C=O) groups is 1. The molecule has 0 saturated carbocycles. The summed E-state index contributed by atoms with van der Waals surface area (Å²) in [6.07, 6.45) is 1.78. The first-order chi connectivity index (χ1) is 11.1. The normalized spacial score (nSPS) is 9.96. The smallest absolute Gasteiger partial charge is 0.343 e. The zero-order valence-corrected chi connectivity index (χ0v) is 13.3. The third kappa shape index (κ3) is 3.90. The quantitative estimate of drug-likeness (QED) is 0.504. The summed E-state index contributed by atoms with van der Waals surface area (Å²) in [5.41, 5.74) is 0.382. The molecule has 118 valence electrons. The number of methoxy groups -OCH3 is 1. The molecule has 0 atom stereocenters. The number of rotatable bonds is 5. The average molecular weight is 331 g/mol. The van der Waals surface area contributed by atoms with Gasteiger partial charge in [0.2, 0.25) is 0 Å². The van der Waals surface area contributed by atoms with Crippen LogP contribution in [-0.2, 0) is 9.53 Å². The van der Waals surface area contributed by atoms with Crippen LogP contribution in [0.5, 0.6) is 5.75 Å². The van der Waals surface area contributed by atoms with E-state index in [9.17, 15) is 9.59 Å². The first-order valence-corrected chi connectivity index (χ1v) is 7.70. The van der Waals surface area contributed by atoms with Gasteiger partial charge in [-0.25, -0.2) is 9.78 Å². The number of nitrogens with zero attached hydrogens (tertiary/aromatic N) is 2. The second-order valence-electron chi connectivity index (χ2n) is 4.30. The third-order valence-corrected chi connectivity index (χ3v) is 3.49. The molecule has 1 heterocycles. The zero-order chi connectivity index (χ0) is 16.8. The Morgan fingerprint density at radius 2 is 2.09 bits per heavy atom. The van der Waals surface area contributed by atoms with E-state index >= 15 is 0 Å². The Bertz CT molecular complexity index is 809. The molecule has 0 amide bonds. The summed E-state index contributed by atoms with van der Waals surface area (Å²) in [6.45, 7) is -0.195. The Hall–Kier alpha value is -2.79. The van der Waals surface area contributed by atoms with Crippen molar-refractivity contribution in [1.82, 2.24) is 9.97 Å². The van der Waals surface area contributed by atoms with Crippen LogP contribution < -0.4 is 10.3 Å². The largest absolute Gasteiger partial charge is 0.482 e. The lowest BCUT2D eigenvalue weighted by atomic mass is 10.1. The van der Waals surface area contributed by atoms with Crippen LogP contribution in [-0.4, -0.2) is 35.9 Å². The number of aromatic nitrogens is 2. The number of H-pyrrole nitrogens is 1. The van der Waals surface area contributed by atoms with E-state index in [4.69, 9.17) is 10.00 Å². The maximum Gasteiger partial charge on any atom is 0.343 e. The fraction of sp³-hybridized carbons (Fsp3) is 0.200. The van der Waals surface area contributed by atoms with Crippen molar-refractivity contribution in [3.63, 3.8) is 0 Å². The van der Waals surface area contributed by atoms with E-state index in [1.54, 1.807) is 30.5 Å². The van der Waals surface area contributed by atoms with E-state index in [1.807, 2.05) is 6.07 Å². The van der Waals surface area contributed by atoms with Gasteiger partial charge in [0.15, 0.2) is 11.8 Å². The molecule has 0 spiro atoms. The van der Waals surface area contributed by atoms with Gasteiger partial charge in [0, 0.05) is 5.56 Å². The fourth-order valence-corrected chi connectivity index (χ4v) is 2.15. The molecule has 7 nitrogen and oxygen atoms in total. The molecule has 0 fully saturated rings. The summed E-state index contributed by atoms with van der Waals surface area (Å²) < 4.78 is 9.73. The molecule has 0 aliphatic rings. The summed E-state index contributed by atoms with van der Waals surface area (Å²) in [7, 11) is 1.28. The highest BCUT2D eigenvalue weighted by Crippen LogP contribution is 2.23. The molecule has 23 heavy (non-hydrogen) atoms. The Kier molecular flexibility index (Phi) is 5.38. The zero-order valence-electron chi connectivity index (χ0n) is 12.5. The molecule has 0 aliphatic carbocycles. The number of nitriles is 1. The summed E-state index contributed by atoms with van der Waals surface area (Å²) in [4.78, 5) is 29.7. The highest BCUT2D eigenvalue weighted by molar-refractivity contribution is 7.98. The molecule has 2 aromatic rings. The molecule has 0 radical (unpaired) electrons. The molecular weight excluding hydrogens is 318 g/mol. The van der Waals surface area contributed by atoms with Crippen LogP contribution in [0.1, 0.15) is 5.56 Å². The Morgan fingerprint density at radius 3 is 2.65 bits per heavy atom. The van der Waals surface area contributed by atoms with Crippen LogP contribution in [0.25, 0.3) is 11.3 Å². The van der Waals surface area contributed by atoms with E-state index in [0.29, 0.717) is 22.2 Å². The highest BCUT2D eigenvalue weighted by Gasteiger charge is 2.13. The van der Waals surface area contributed by atoms with Crippen molar-refractivity contribution in [2.24, 2.45) is 0 Å². The minimum Gasteiger partial charge on any atom is -0.482 e. The fourth-order valence-electron chi connectivity index (χ4n) is 1.77. The lowest BCUT2D eigenvalue weighted by molar-refractivity contribution is -0.142. The molecule has 1 N–H and O–H groups in total. The average Bonchev–Trinajstić information content (AvgIpc) is 2.59. The van der Waals surface area contributed by atoms with E-state index in [-0.39, 0.29) is 12.2 Å². The minimum absolute atomic E-state index is 0.0500. The van der Waals surface area contributed by atoms with Gasteiger partial charge in [0.1, 0.15) is 17.4 Å². The number of ether oxygens (including phenoxy) is 2. The van der Waals surface area contributed by atoms with Crippen LogP contribution in [0.3, 0.4) is 0 Å². The number of nitrogens with one attached hydrogen (secondary N) is 1. The van der Waals surface area contributed by atoms with Crippen LogP contribution in [0.2, 0.25) is 0 Å². The van der Waals surface area contributed by atoms with Crippen molar-refractivity contribution in [3.8, 4) is 23.1 Å². The van der Waals surface area contributed by atoms with Crippen LogP contribution >= 0.6 is 11.8 Å². The Balaban J connectivity index is 2.33. The van der Waals surface area contributed by atoms with Crippen molar-refractivity contribution in [2.75, 3.05) is 20.0 Å². The van der Waals surface area contributed by atoms with Crippen molar-refractivity contribution in [1.29, 1.82) is 5.26 Å². The molecule has 8 heteroatoms. The lowest BCUT2D eigenvalue weighted by Crippen LogP contribution is -2.14. The van der Waals surface area contributed by atoms with Gasteiger partial charge in [-0.3, -0.25) is 4.79 Å². The van der Waals surface area contributed by atoms with Gasteiger partial charge in [-0.05, 0) is 30.5 Å². The van der Waals surface area contributed by atoms with Crippen LogP contribution in [0.15, 0.2) is 34.2 Å². The van der Waals surface area contributed by atoms with Gasteiger partial charge in [-0.1, -0.05) is 11.8 Å². The van der Waals surface area contributed by atoms with Crippen LogP contribution in [0, 0.1) is 11.3 Å². The number of thioether (sulfide) groups is 1. The molecule has 0 unspecified atom stereocenters. The molecule has 0 saturated heterocycles. The Labute approximate surface area is 136 Å². The maximum atomic E-state index is 11.9. The molecule has 1 aromatic carbocycles. The van der Waals surface area contributed by atoms with Crippen molar-refractivity contribution >= 4 is 17.7 Å². The third-order valence-electron chi connectivity index (χ3n) is 2.91. The summed E-state index contributed by atoms with van der Waals surface area (Å²) in [6, 6.07) is 8.45. The second-order valence-corrected chi connectivity index (χ2v) is 5.09. The van der Waals surface area contributed by atoms with Crippen LogP contribution in [0.4, 0.5) is 0 Å².